The second-order valence-corrected chi connectivity index (χ2v) is 5.86. The summed E-state index contributed by atoms with van der Waals surface area (Å²) in [5, 5.41) is 1.96. The lowest BCUT2D eigenvalue weighted by Gasteiger charge is -2.37. The first kappa shape index (κ1) is 12.8. The molecule has 1 fully saturated rings. The van der Waals surface area contributed by atoms with Crippen LogP contribution >= 0.6 is 11.3 Å². The number of rotatable bonds is 4. The average Bonchev–Trinajstić information content (AvgIpc) is 2.85. The summed E-state index contributed by atoms with van der Waals surface area (Å²) in [5.74, 6) is 0.918. The quantitative estimate of drug-likeness (QED) is 0.759. The number of carbonyl (C=O) groups excluding carboxylic acids is 1. The van der Waals surface area contributed by atoms with Gasteiger partial charge in [-0.2, -0.15) is 0 Å². The fourth-order valence-electron chi connectivity index (χ4n) is 2.57. The Bertz CT molecular complexity index is 362. The third-order valence-electron chi connectivity index (χ3n) is 3.66. The van der Waals surface area contributed by atoms with Crippen LogP contribution in [-0.4, -0.2) is 18.0 Å². The Hall–Kier alpha value is -0.670. The van der Waals surface area contributed by atoms with Crippen LogP contribution in [-0.2, 0) is 4.74 Å². The summed E-state index contributed by atoms with van der Waals surface area (Å²) < 4.78 is 5.86. The molecule has 0 amide bonds. The molecule has 3 heteroatoms. The van der Waals surface area contributed by atoms with Crippen molar-refractivity contribution in [3.8, 4) is 0 Å². The molecule has 0 N–H and O–H groups in total. The van der Waals surface area contributed by atoms with Crippen molar-refractivity contribution >= 4 is 17.1 Å². The topological polar surface area (TPSA) is 26.3 Å². The molecule has 0 spiro atoms. The minimum absolute atomic E-state index is 0.196. The summed E-state index contributed by atoms with van der Waals surface area (Å²) >= 11 is 1.52. The van der Waals surface area contributed by atoms with E-state index in [1.54, 1.807) is 0 Å². The van der Waals surface area contributed by atoms with Crippen molar-refractivity contribution in [3.05, 3.63) is 22.4 Å². The fourth-order valence-corrected chi connectivity index (χ4v) is 3.33. The van der Waals surface area contributed by atoms with Gasteiger partial charge in [-0.15, -0.1) is 11.3 Å². The minimum Gasteiger partial charge on any atom is -0.367 e. The van der Waals surface area contributed by atoms with E-state index in [1.165, 1.54) is 11.3 Å². The zero-order chi connectivity index (χ0) is 12.3. The van der Waals surface area contributed by atoms with Gasteiger partial charge in [-0.1, -0.05) is 13.0 Å². The zero-order valence-electron chi connectivity index (χ0n) is 10.6. The third kappa shape index (κ3) is 2.61. The molecule has 1 aromatic heterocycles. The Morgan fingerprint density at radius 3 is 2.76 bits per heavy atom. The number of ether oxygens (including phenoxy) is 1. The predicted molar refractivity (Wildman–Crippen MR) is 70.6 cm³/mol. The van der Waals surface area contributed by atoms with Crippen LogP contribution in [0.15, 0.2) is 17.5 Å². The van der Waals surface area contributed by atoms with Crippen LogP contribution in [0, 0.1) is 5.92 Å². The molecule has 1 aliphatic rings. The Labute approximate surface area is 107 Å². The molecule has 1 aliphatic carbocycles. The summed E-state index contributed by atoms with van der Waals surface area (Å²) in [5.41, 5.74) is -0.536. The number of ketones is 1. The maximum atomic E-state index is 12.6. The summed E-state index contributed by atoms with van der Waals surface area (Å²) in [4.78, 5) is 13.4. The van der Waals surface area contributed by atoms with Gasteiger partial charge in [0.1, 0.15) is 5.60 Å². The van der Waals surface area contributed by atoms with E-state index in [0.717, 1.165) is 36.5 Å². The van der Waals surface area contributed by atoms with Gasteiger partial charge in [0.2, 0.25) is 5.78 Å². The third-order valence-corrected chi connectivity index (χ3v) is 4.53. The standard InChI is InChI=1S/C14H20O2S/c1-3-16-14(8-6-11(2)7-9-14)13(15)12-5-4-10-17-12/h4-5,10-11H,3,6-9H2,1-2H3. The smallest absolute Gasteiger partial charge is 0.204 e. The van der Waals surface area contributed by atoms with Gasteiger partial charge in [0.15, 0.2) is 0 Å². The molecule has 1 aromatic rings. The zero-order valence-corrected chi connectivity index (χ0v) is 11.4. The minimum atomic E-state index is -0.536. The van der Waals surface area contributed by atoms with Crippen LogP contribution < -0.4 is 0 Å². The Morgan fingerprint density at radius 2 is 2.24 bits per heavy atom. The van der Waals surface area contributed by atoms with E-state index in [4.69, 9.17) is 4.74 Å². The summed E-state index contributed by atoms with van der Waals surface area (Å²) in [7, 11) is 0. The van der Waals surface area contributed by atoms with Crippen molar-refractivity contribution in [1.82, 2.24) is 0 Å². The molecule has 0 bridgehead atoms. The average molecular weight is 252 g/mol. The first-order valence-electron chi connectivity index (χ1n) is 6.40. The van der Waals surface area contributed by atoms with E-state index in [1.807, 2.05) is 24.4 Å². The summed E-state index contributed by atoms with van der Waals surface area (Å²) in [6, 6.07) is 3.84. The molecular formula is C14H20O2S. The first-order valence-corrected chi connectivity index (χ1v) is 7.28. The largest absolute Gasteiger partial charge is 0.367 e. The molecule has 0 unspecified atom stereocenters. The van der Waals surface area contributed by atoms with Gasteiger partial charge in [-0.3, -0.25) is 4.79 Å². The maximum Gasteiger partial charge on any atom is 0.204 e. The maximum absolute atomic E-state index is 12.6. The fraction of sp³-hybridized carbons (Fsp3) is 0.643. The molecule has 1 saturated carbocycles. The van der Waals surface area contributed by atoms with E-state index in [2.05, 4.69) is 6.92 Å². The van der Waals surface area contributed by atoms with Crippen LogP contribution in [0.25, 0.3) is 0 Å². The van der Waals surface area contributed by atoms with Crippen molar-refractivity contribution in [2.24, 2.45) is 5.92 Å². The highest BCUT2D eigenvalue weighted by molar-refractivity contribution is 7.12. The van der Waals surface area contributed by atoms with Crippen LogP contribution in [0.4, 0.5) is 0 Å². The molecule has 17 heavy (non-hydrogen) atoms. The number of hydrogen-bond donors (Lipinski definition) is 0. The lowest BCUT2D eigenvalue weighted by molar-refractivity contribution is -0.0471. The van der Waals surface area contributed by atoms with Crippen molar-refractivity contribution in [1.29, 1.82) is 0 Å². The molecule has 0 atom stereocenters. The number of thiophene rings is 1. The molecular weight excluding hydrogens is 232 g/mol. The summed E-state index contributed by atoms with van der Waals surface area (Å²) in [6.45, 7) is 4.85. The van der Waals surface area contributed by atoms with Crippen LogP contribution in [0.2, 0.25) is 0 Å². The lowest BCUT2D eigenvalue weighted by Crippen LogP contribution is -2.44. The molecule has 0 radical (unpaired) electrons. The van der Waals surface area contributed by atoms with Gasteiger partial charge in [-0.05, 0) is 50.0 Å². The van der Waals surface area contributed by atoms with Crippen molar-refractivity contribution in [2.45, 2.75) is 45.1 Å². The highest BCUT2D eigenvalue weighted by Crippen LogP contribution is 2.37. The van der Waals surface area contributed by atoms with Gasteiger partial charge in [0.25, 0.3) is 0 Å². The Balaban J connectivity index is 2.19. The first-order chi connectivity index (χ1) is 8.18. The Kier molecular flexibility index (Phi) is 4.00. The number of hydrogen-bond acceptors (Lipinski definition) is 3. The molecule has 2 nitrogen and oxygen atoms in total. The number of Topliss-reactive ketones (excluding diaryl/α,β-unsaturated/α-hetero) is 1. The highest BCUT2D eigenvalue weighted by atomic mass is 32.1. The van der Waals surface area contributed by atoms with Crippen molar-refractivity contribution in [3.63, 3.8) is 0 Å². The van der Waals surface area contributed by atoms with Gasteiger partial charge >= 0.3 is 0 Å². The van der Waals surface area contributed by atoms with Crippen LogP contribution in [0.1, 0.15) is 49.2 Å². The second kappa shape index (κ2) is 5.32. The molecule has 0 aliphatic heterocycles. The number of carbonyl (C=O) groups is 1. The normalized spacial score (nSPS) is 29.2. The second-order valence-electron chi connectivity index (χ2n) is 4.92. The predicted octanol–water partition coefficient (Wildman–Crippen LogP) is 3.92. The van der Waals surface area contributed by atoms with Crippen molar-refractivity contribution in [2.75, 3.05) is 6.61 Å². The monoisotopic (exact) mass is 252 g/mol. The van der Waals surface area contributed by atoms with Gasteiger partial charge < -0.3 is 4.74 Å². The summed E-state index contributed by atoms with van der Waals surface area (Å²) in [6.07, 6.45) is 3.94. The SMILES string of the molecule is CCOC1(C(=O)c2cccs2)CCC(C)CC1. The van der Waals surface area contributed by atoms with E-state index >= 15 is 0 Å². The van der Waals surface area contributed by atoms with Crippen LogP contribution in [0.5, 0.6) is 0 Å². The van der Waals surface area contributed by atoms with Gasteiger partial charge in [-0.25, -0.2) is 0 Å². The molecule has 0 aromatic carbocycles. The Morgan fingerprint density at radius 1 is 1.53 bits per heavy atom. The molecule has 1 heterocycles. The molecule has 94 valence electrons. The van der Waals surface area contributed by atoms with E-state index in [0.29, 0.717) is 6.61 Å². The molecule has 0 saturated heterocycles. The van der Waals surface area contributed by atoms with Crippen LogP contribution in [0.3, 0.4) is 0 Å². The highest BCUT2D eigenvalue weighted by Gasteiger charge is 2.42. The van der Waals surface area contributed by atoms with E-state index < -0.39 is 5.60 Å². The van der Waals surface area contributed by atoms with Crippen molar-refractivity contribution < 1.29 is 9.53 Å². The van der Waals surface area contributed by atoms with E-state index in [-0.39, 0.29) is 5.78 Å². The lowest BCUT2D eigenvalue weighted by atomic mass is 9.76. The van der Waals surface area contributed by atoms with Gasteiger partial charge in [0.05, 0.1) is 4.88 Å². The van der Waals surface area contributed by atoms with E-state index in [9.17, 15) is 4.79 Å². The van der Waals surface area contributed by atoms with Gasteiger partial charge in [0, 0.05) is 6.61 Å². The molecule has 2 rings (SSSR count).